The number of thioether (sulfide) groups is 1. The molecule has 8 nitrogen and oxygen atoms in total. The van der Waals surface area contributed by atoms with Crippen molar-refractivity contribution in [2.45, 2.75) is 56.3 Å². The summed E-state index contributed by atoms with van der Waals surface area (Å²) in [4.78, 5) is 12.7. The third-order valence-electron chi connectivity index (χ3n) is 5.95. The van der Waals surface area contributed by atoms with Crippen LogP contribution in [0.3, 0.4) is 0 Å². The van der Waals surface area contributed by atoms with Crippen LogP contribution >= 0.6 is 11.8 Å². The van der Waals surface area contributed by atoms with Gasteiger partial charge >= 0.3 is 0 Å². The molecule has 1 N–H and O–H groups in total. The molecule has 0 spiro atoms. The van der Waals surface area contributed by atoms with Gasteiger partial charge in [0.05, 0.1) is 18.1 Å². The van der Waals surface area contributed by atoms with E-state index in [1.807, 2.05) is 37.3 Å². The third kappa shape index (κ3) is 4.34. The molecule has 0 bridgehead atoms. The van der Waals surface area contributed by atoms with Gasteiger partial charge in [0.15, 0.2) is 22.4 Å². The molecule has 1 atom stereocenters. The van der Waals surface area contributed by atoms with E-state index in [1.165, 1.54) is 31.0 Å². The number of hydrogen-bond acceptors (Lipinski definition) is 7. The number of aromatic nitrogens is 3. The van der Waals surface area contributed by atoms with Gasteiger partial charge in [-0.3, -0.25) is 9.36 Å². The minimum absolute atomic E-state index is 0.0575. The van der Waals surface area contributed by atoms with E-state index in [4.69, 9.17) is 13.9 Å². The lowest BCUT2D eigenvalue weighted by molar-refractivity contribution is -0.119. The van der Waals surface area contributed by atoms with Gasteiger partial charge in [0.1, 0.15) is 0 Å². The van der Waals surface area contributed by atoms with Gasteiger partial charge < -0.3 is 19.2 Å². The monoisotopic (exact) mass is 454 g/mol. The van der Waals surface area contributed by atoms with E-state index in [-0.39, 0.29) is 24.5 Å². The maximum Gasteiger partial charge on any atom is 0.231 e. The molecule has 1 aliphatic carbocycles. The highest BCUT2D eigenvalue weighted by Gasteiger charge is 2.25. The average molecular weight is 455 g/mol. The Labute approximate surface area is 190 Å². The van der Waals surface area contributed by atoms with Crippen LogP contribution in [0.1, 0.15) is 56.7 Å². The second-order valence-corrected chi connectivity index (χ2v) is 9.08. The van der Waals surface area contributed by atoms with Crippen LogP contribution in [0.25, 0.3) is 11.6 Å². The van der Waals surface area contributed by atoms with Crippen molar-refractivity contribution in [2.75, 3.05) is 12.5 Å². The molecule has 1 unspecified atom stereocenters. The highest BCUT2D eigenvalue weighted by molar-refractivity contribution is 7.99. The SMILES string of the molecule is CC(NC(=O)CSc1nnc(-c2ccco2)n1C1CCCCC1)c1ccc2c(c1)OCO2. The summed E-state index contributed by atoms with van der Waals surface area (Å²) in [5.74, 6) is 3.09. The topological polar surface area (TPSA) is 91.4 Å². The van der Waals surface area contributed by atoms with E-state index in [2.05, 4.69) is 20.1 Å². The number of ether oxygens (including phenoxy) is 2. The summed E-state index contributed by atoms with van der Waals surface area (Å²) in [6.45, 7) is 2.19. The van der Waals surface area contributed by atoms with E-state index >= 15 is 0 Å². The number of rotatable bonds is 7. The highest BCUT2D eigenvalue weighted by atomic mass is 32.2. The Kier molecular flexibility index (Phi) is 6.07. The smallest absolute Gasteiger partial charge is 0.231 e. The van der Waals surface area contributed by atoms with E-state index in [0.29, 0.717) is 17.6 Å². The van der Waals surface area contributed by atoms with Gasteiger partial charge in [-0.25, -0.2) is 0 Å². The van der Waals surface area contributed by atoms with Gasteiger partial charge in [-0.15, -0.1) is 10.2 Å². The second kappa shape index (κ2) is 9.28. The van der Waals surface area contributed by atoms with Gasteiger partial charge in [0.2, 0.25) is 18.5 Å². The fourth-order valence-corrected chi connectivity index (χ4v) is 5.11. The number of hydrogen-bond donors (Lipinski definition) is 1. The summed E-state index contributed by atoms with van der Waals surface area (Å²) in [5.41, 5.74) is 0.970. The predicted octanol–water partition coefficient (Wildman–Crippen LogP) is 4.74. The normalized spacial score (nSPS) is 16.8. The quantitative estimate of drug-likeness (QED) is 0.516. The summed E-state index contributed by atoms with van der Waals surface area (Å²) in [6.07, 6.45) is 7.47. The molecule has 0 radical (unpaired) electrons. The third-order valence-corrected chi connectivity index (χ3v) is 6.90. The van der Waals surface area contributed by atoms with Crippen LogP contribution in [0, 0.1) is 0 Å². The molecule has 0 saturated heterocycles. The Morgan fingerprint density at radius 1 is 1.19 bits per heavy atom. The Morgan fingerprint density at radius 2 is 2.03 bits per heavy atom. The van der Waals surface area contributed by atoms with Crippen molar-refractivity contribution in [3.63, 3.8) is 0 Å². The lowest BCUT2D eigenvalue weighted by atomic mass is 9.95. The van der Waals surface area contributed by atoms with Crippen LogP contribution in [0.5, 0.6) is 11.5 Å². The summed E-state index contributed by atoms with van der Waals surface area (Å²) < 4.78 is 18.6. The van der Waals surface area contributed by atoms with Gasteiger partial charge in [-0.1, -0.05) is 37.1 Å². The number of nitrogens with zero attached hydrogens (tertiary/aromatic N) is 3. The molecule has 3 aromatic rings. The fourth-order valence-electron chi connectivity index (χ4n) is 4.30. The number of carbonyl (C=O) groups is 1. The van der Waals surface area contributed by atoms with Crippen LogP contribution in [0.4, 0.5) is 0 Å². The minimum Gasteiger partial charge on any atom is -0.461 e. The van der Waals surface area contributed by atoms with Crippen molar-refractivity contribution >= 4 is 17.7 Å². The molecular formula is C23H26N4O4S. The number of furan rings is 1. The highest BCUT2D eigenvalue weighted by Crippen LogP contribution is 2.36. The number of carbonyl (C=O) groups excluding carboxylic acids is 1. The van der Waals surface area contributed by atoms with E-state index in [9.17, 15) is 4.79 Å². The average Bonchev–Trinajstić information content (AvgIpc) is 3.58. The van der Waals surface area contributed by atoms with Crippen molar-refractivity contribution in [2.24, 2.45) is 0 Å². The van der Waals surface area contributed by atoms with Crippen molar-refractivity contribution in [1.82, 2.24) is 20.1 Å². The summed E-state index contributed by atoms with van der Waals surface area (Å²) in [6, 6.07) is 9.67. The zero-order valence-electron chi connectivity index (χ0n) is 18.0. The molecular weight excluding hydrogens is 428 g/mol. The van der Waals surface area contributed by atoms with Gasteiger partial charge in [-0.2, -0.15) is 0 Å². The zero-order chi connectivity index (χ0) is 21.9. The molecule has 1 saturated carbocycles. The molecule has 1 aliphatic heterocycles. The first kappa shape index (κ1) is 20.9. The zero-order valence-corrected chi connectivity index (χ0v) is 18.8. The van der Waals surface area contributed by atoms with Crippen LogP contribution in [-0.4, -0.2) is 33.2 Å². The first-order valence-electron chi connectivity index (χ1n) is 11.0. The molecule has 2 aliphatic rings. The van der Waals surface area contributed by atoms with Crippen molar-refractivity contribution in [3.05, 3.63) is 42.2 Å². The first-order chi connectivity index (χ1) is 15.7. The largest absolute Gasteiger partial charge is 0.461 e. The minimum atomic E-state index is -0.146. The summed E-state index contributed by atoms with van der Waals surface area (Å²) in [7, 11) is 0. The lowest BCUT2D eigenvalue weighted by Gasteiger charge is -2.25. The lowest BCUT2D eigenvalue weighted by Crippen LogP contribution is -2.28. The molecule has 32 heavy (non-hydrogen) atoms. The molecule has 2 aromatic heterocycles. The maximum absolute atomic E-state index is 12.7. The Bertz CT molecular complexity index is 1080. The molecule has 1 fully saturated rings. The van der Waals surface area contributed by atoms with Crippen LogP contribution in [-0.2, 0) is 4.79 Å². The Morgan fingerprint density at radius 3 is 2.84 bits per heavy atom. The van der Waals surface area contributed by atoms with Crippen LogP contribution < -0.4 is 14.8 Å². The molecule has 9 heteroatoms. The number of benzene rings is 1. The van der Waals surface area contributed by atoms with Gasteiger partial charge in [0, 0.05) is 6.04 Å². The molecule has 1 amide bonds. The van der Waals surface area contributed by atoms with Crippen LogP contribution in [0.2, 0.25) is 0 Å². The summed E-state index contributed by atoms with van der Waals surface area (Å²) in [5, 5.41) is 12.6. The first-order valence-corrected chi connectivity index (χ1v) is 12.0. The summed E-state index contributed by atoms with van der Waals surface area (Å²) >= 11 is 1.42. The Hall–Kier alpha value is -2.94. The predicted molar refractivity (Wildman–Crippen MR) is 120 cm³/mol. The van der Waals surface area contributed by atoms with Gasteiger partial charge in [0.25, 0.3) is 0 Å². The number of fused-ring (bicyclic) bond motifs is 1. The molecule has 3 heterocycles. The molecule has 1 aromatic carbocycles. The Balaban J connectivity index is 1.26. The van der Waals surface area contributed by atoms with E-state index in [0.717, 1.165) is 35.1 Å². The van der Waals surface area contributed by atoms with Crippen LogP contribution in [0.15, 0.2) is 46.2 Å². The maximum atomic E-state index is 12.7. The van der Waals surface area contributed by atoms with Crippen molar-refractivity contribution in [1.29, 1.82) is 0 Å². The van der Waals surface area contributed by atoms with Crippen molar-refractivity contribution < 1.29 is 18.7 Å². The van der Waals surface area contributed by atoms with E-state index < -0.39 is 0 Å². The van der Waals surface area contributed by atoms with Crippen molar-refractivity contribution in [3.8, 4) is 23.1 Å². The molecule has 5 rings (SSSR count). The fraction of sp³-hybridized carbons (Fsp3) is 0.435. The number of amides is 1. The number of nitrogens with one attached hydrogen (secondary N) is 1. The second-order valence-electron chi connectivity index (χ2n) is 8.14. The molecule has 168 valence electrons. The standard InChI is InChI=1S/C23H26N4O4S/c1-15(16-9-10-18-20(12-16)31-14-30-18)24-21(28)13-32-23-26-25-22(19-8-5-11-29-19)27(23)17-6-3-2-4-7-17/h5,8-12,15,17H,2-4,6-7,13-14H2,1H3,(H,24,28). The van der Waals surface area contributed by atoms with Gasteiger partial charge in [-0.05, 0) is 49.6 Å². The van der Waals surface area contributed by atoms with E-state index in [1.54, 1.807) is 6.26 Å².